The van der Waals surface area contributed by atoms with E-state index in [2.05, 4.69) is 29.6 Å². The van der Waals surface area contributed by atoms with E-state index in [9.17, 15) is 4.79 Å². The molecule has 0 atom stereocenters. The van der Waals surface area contributed by atoms with Crippen molar-refractivity contribution in [1.82, 2.24) is 0 Å². The summed E-state index contributed by atoms with van der Waals surface area (Å²) >= 11 is 0. The number of ether oxygens (including phenoxy) is 1. The van der Waals surface area contributed by atoms with Crippen LogP contribution in [-0.2, 0) is 4.79 Å². The molecule has 138 valence electrons. The molecule has 27 heavy (non-hydrogen) atoms. The molecule has 1 N–H and O–H groups in total. The van der Waals surface area contributed by atoms with Gasteiger partial charge in [-0.2, -0.15) is 0 Å². The van der Waals surface area contributed by atoms with Crippen LogP contribution in [0.25, 0.3) is 0 Å². The van der Waals surface area contributed by atoms with Crippen molar-refractivity contribution >= 4 is 11.6 Å². The van der Waals surface area contributed by atoms with Crippen molar-refractivity contribution in [2.75, 3.05) is 5.32 Å². The zero-order chi connectivity index (χ0) is 19.1. The number of carbonyl (C=O) groups is 1. The normalized spacial score (nSPS) is 10.8. The Labute approximate surface area is 161 Å². The molecule has 3 nitrogen and oxygen atoms in total. The Morgan fingerprint density at radius 1 is 0.852 bits per heavy atom. The molecule has 0 fully saturated rings. The first-order chi connectivity index (χ1) is 13.1. The molecule has 0 bridgehead atoms. The second-order valence-electron chi connectivity index (χ2n) is 6.82. The number of hydrogen-bond donors (Lipinski definition) is 1. The van der Waals surface area contributed by atoms with Crippen molar-refractivity contribution < 1.29 is 9.53 Å². The van der Waals surface area contributed by atoms with Gasteiger partial charge in [0.2, 0.25) is 5.91 Å². The summed E-state index contributed by atoms with van der Waals surface area (Å²) in [5.41, 5.74) is 3.02. The maximum atomic E-state index is 12.8. The summed E-state index contributed by atoms with van der Waals surface area (Å²) < 4.78 is 5.70. The lowest BCUT2D eigenvalue weighted by Gasteiger charge is -2.18. The molecular formula is C24H25NO2. The molecule has 0 aliphatic rings. The molecule has 3 aromatic rings. The van der Waals surface area contributed by atoms with E-state index in [1.807, 2.05) is 74.5 Å². The first-order valence-corrected chi connectivity index (χ1v) is 9.28. The molecular weight excluding hydrogens is 334 g/mol. The van der Waals surface area contributed by atoms with Crippen LogP contribution in [0.1, 0.15) is 37.3 Å². The van der Waals surface area contributed by atoms with Gasteiger partial charge in [0, 0.05) is 24.1 Å². The van der Waals surface area contributed by atoms with E-state index in [1.54, 1.807) is 0 Å². The van der Waals surface area contributed by atoms with E-state index in [1.165, 1.54) is 0 Å². The lowest BCUT2D eigenvalue weighted by Crippen LogP contribution is -2.16. The zero-order valence-electron chi connectivity index (χ0n) is 15.8. The average Bonchev–Trinajstić information content (AvgIpc) is 2.67. The van der Waals surface area contributed by atoms with Gasteiger partial charge >= 0.3 is 0 Å². The Balaban J connectivity index is 1.75. The molecule has 0 saturated carbocycles. The van der Waals surface area contributed by atoms with Crippen LogP contribution in [0, 0.1) is 0 Å². The summed E-state index contributed by atoms with van der Waals surface area (Å²) in [4.78, 5) is 12.8. The molecule has 3 aromatic carbocycles. The topological polar surface area (TPSA) is 38.3 Å². The first kappa shape index (κ1) is 18.7. The van der Waals surface area contributed by atoms with Gasteiger partial charge in [-0.1, -0.05) is 66.7 Å². The lowest BCUT2D eigenvalue weighted by atomic mass is 9.88. The highest BCUT2D eigenvalue weighted by molar-refractivity contribution is 5.91. The molecule has 0 heterocycles. The molecule has 3 heteroatoms. The molecule has 0 aliphatic carbocycles. The molecule has 0 spiro atoms. The van der Waals surface area contributed by atoms with Gasteiger partial charge < -0.3 is 10.1 Å². The van der Waals surface area contributed by atoms with Crippen molar-refractivity contribution in [2.24, 2.45) is 0 Å². The Morgan fingerprint density at radius 2 is 1.44 bits per heavy atom. The van der Waals surface area contributed by atoms with Gasteiger partial charge in [-0.25, -0.2) is 0 Å². The SMILES string of the molecule is CC(C)Oc1cccc(NC(=O)CC(c2ccccc2)c2ccccc2)c1. The van der Waals surface area contributed by atoms with E-state index in [4.69, 9.17) is 4.74 Å². The van der Waals surface area contributed by atoms with Crippen molar-refractivity contribution in [3.63, 3.8) is 0 Å². The monoisotopic (exact) mass is 359 g/mol. The zero-order valence-corrected chi connectivity index (χ0v) is 15.8. The van der Waals surface area contributed by atoms with E-state index in [-0.39, 0.29) is 17.9 Å². The minimum atomic E-state index is -0.0191. The molecule has 0 saturated heterocycles. The van der Waals surface area contributed by atoms with Gasteiger partial charge in [0.1, 0.15) is 5.75 Å². The smallest absolute Gasteiger partial charge is 0.225 e. The maximum Gasteiger partial charge on any atom is 0.225 e. The maximum absolute atomic E-state index is 12.8. The van der Waals surface area contributed by atoms with Gasteiger partial charge in [0.25, 0.3) is 0 Å². The second-order valence-corrected chi connectivity index (χ2v) is 6.82. The van der Waals surface area contributed by atoms with Gasteiger partial charge in [-0.3, -0.25) is 4.79 Å². The first-order valence-electron chi connectivity index (χ1n) is 9.28. The highest BCUT2D eigenvalue weighted by Gasteiger charge is 2.18. The Hall–Kier alpha value is -3.07. The third-order valence-electron chi connectivity index (χ3n) is 4.28. The van der Waals surface area contributed by atoms with Crippen molar-refractivity contribution in [1.29, 1.82) is 0 Å². The third kappa shape index (κ3) is 5.45. The van der Waals surface area contributed by atoms with E-state index in [0.717, 1.165) is 22.6 Å². The number of anilines is 1. The number of amides is 1. The fourth-order valence-corrected chi connectivity index (χ4v) is 3.12. The van der Waals surface area contributed by atoms with Crippen LogP contribution in [-0.4, -0.2) is 12.0 Å². The lowest BCUT2D eigenvalue weighted by molar-refractivity contribution is -0.116. The van der Waals surface area contributed by atoms with E-state index < -0.39 is 0 Å². The minimum Gasteiger partial charge on any atom is -0.491 e. The minimum absolute atomic E-state index is 0.0162. The molecule has 0 radical (unpaired) electrons. The van der Waals surface area contributed by atoms with Crippen LogP contribution in [0.5, 0.6) is 5.75 Å². The summed E-state index contributed by atoms with van der Waals surface area (Å²) in [7, 11) is 0. The number of hydrogen-bond acceptors (Lipinski definition) is 2. The van der Waals surface area contributed by atoms with Gasteiger partial charge in [0.05, 0.1) is 6.10 Å². The van der Waals surface area contributed by atoms with Crippen molar-refractivity contribution in [3.05, 3.63) is 96.1 Å². The molecule has 1 amide bonds. The quantitative estimate of drug-likeness (QED) is 0.593. The molecule has 3 rings (SSSR count). The van der Waals surface area contributed by atoms with Crippen molar-refractivity contribution in [3.8, 4) is 5.75 Å². The van der Waals surface area contributed by atoms with Crippen LogP contribution in [0.4, 0.5) is 5.69 Å². The Kier molecular flexibility index (Phi) is 6.26. The standard InChI is InChI=1S/C24H25NO2/c1-18(2)27-22-15-9-14-21(16-22)25-24(26)17-23(19-10-5-3-6-11-19)20-12-7-4-8-13-20/h3-16,18,23H,17H2,1-2H3,(H,25,26). The van der Waals surface area contributed by atoms with Crippen LogP contribution in [0.2, 0.25) is 0 Å². The van der Waals surface area contributed by atoms with Crippen LogP contribution in [0.3, 0.4) is 0 Å². The number of carbonyl (C=O) groups excluding carboxylic acids is 1. The summed E-state index contributed by atoms with van der Waals surface area (Å²) in [5.74, 6) is 0.752. The predicted molar refractivity (Wildman–Crippen MR) is 110 cm³/mol. The summed E-state index contributed by atoms with van der Waals surface area (Å²) in [6.07, 6.45) is 0.472. The number of nitrogens with one attached hydrogen (secondary N) is 1. The van der Waals surface area contributed by atoms with Crippen LogP contribution in [0.15, 0.2) is 84.9 Å². The number of benzene rings is 3. The fraction of sp³-hybridized carbons (Fsp3) is 0.208. The molecule has 0 unspecified atom stereocenters. The second kappa shape index (κ2) is 9.04. The van der Waals surface area contributed by atoms with Crippen LogP contribution >= 0.6 is 0 Å². The molecule has 0 aliphatic heterocycles. The highest BCUT2D eigenvalue weighted by atomic mass is 16.5. The van der Waals surface area contributed by atoms with Gasteiger partial charge in [0.15, 0.2) is 0 Å². The average molecular weight is 359 g/mol. The Bertz CT molecular complexity index is 820. The number of rotatable bonds is 7. The summed E-state index contributed by atoms with van der Waals surface area (Å²) in [6.45, 7) is 3.96. The highest BCUT2D eigenvalue weighted by Crippen LogP contribution is 2.28. The fourth-order valence-electron chi connectivity index (χ4n) is 3.12. The van der Waals surface area contributed by atoms with Gasteiger partial charge in [-0.15, -0.1) is 0 Å². The van der Waals surface area contributed by atoms with Crippen molar-refractivity contribution in [2.45, 2.75) is 32.3 Å². The van der Waals surface area contributed by atoms with E-state index in [0.29, 0.717) is 6.42 Å². The largest absolute Gasteiger partial charge is 0.491 e. The van der Waals surface area contributed by atoms with Crippen LogP contribution < -0.4 is 10.1 Å². The molecule has 0 aromatic heterocycles. The van der Waals surface area contributed by atoms with E-state index >= 15 is 0 Å². The Morgan fingerprint density at radius 3 is 2.00 bits per heavy atom. The third-order valence-corrected chi connectivity index (χ3v) is 4.28. The summed E-state index contributed by atoms with van der Waals surface area (Å²) in [6, 6.07) is 27.8. The van der Waals surface area contributed by atoms with Gasteiger partial charge in [-0.05, 0) is 37.1 Å². The summed E-state index contributed by atoms with van der Waals surface area (Å²) in [5, 5.41) is 3.01. The predicted octanol–water partition coefficient (Wildman–Crippen LogP) is 5.63.